The highest BCUT2D eigenvalue weighted by atomic mass is 32.2. The zero-order valence-electron chi connectivity index (χ0n) is 23.7. The summed E-state index contributed by atoms with van der Waals surface area (Å²) in [5, 5.41) is 2.83. The molecule has 1 aliphatic heterocycles. The van der Waals surface area contributed by atoms with E-state index in [1.54, 1.807) is 39.3 Å². The number of hydrogen-bond acceptors (Lipinski definition) is 7. The van der Waals surface area contributed by atoms with E-state index in [2.05, 4.69) is 33.9 Å². The van der Waals surface area contributed by atoms with Crippen LogP contribution in [0.25, 0.3) is 0 Å². The third-order valence-electron chi connectivity index (χ3n) is 7.37. The minimum Gasteiger partial charge on any atom is -0.497 e. The van der Waals surface area contributed by atoms with Gasteiger partial charge in [-0.15, -0.1) is 0 Å². The first-order valence-corrected chi connectivity index (χ1v) is 14.9. The third kappa shape index (κ3) is 7.45. The fourth-order valence-electron chi connectivity index (χ4n) is 5.03. The van der Waals surface area contributed by atoms with E-state index in [-0.39, 0.29) is 23.8 Å². The number of carbonyl (C=O) groups is 1. The van der Waals surface area contributed by atoms with Gasteiger partial charge < -0.3 is 19.9 Å². The summed E-state index contributed by atoms with van der Waals surface area (Å²) in [6.45, 7) is 13.3. The van der Waals surface area contributed by atoms with E-state index < -0.39 is 10.0 Å². The number of benzene rings is 1. The molecular formula is C28H43N5O4S. The van der Waals surface area contributed by atoms with Crippen molar-refractivity contribution in [3.63, 3.8) is 0 Å². The molecule has 3 rings (SSSR count). The van der Waals surface area contributed by atoms with Gasteiger partial charge >= 0.3 is 0 Å². The Balaban J connectivity index is 1.50. The van der Waals surface area contributed by atoms with Crippen molar-refractivity contribution in [2.45, 2.75) is 51.9 Å². The summed E-state index contributed by atoms with van der Waals surface area (Å²) in [6.07, 6.45) is 4.01. The number of nitrogens with zero attached hydrogens (tertiary/aromatic N) is 4. The number of aromatic nitrogens is 1. The first kappa shape index (κ1) is 29.9. The number of sulfonamides is 1. The predicted octanol–water partition coefficient (Wildman–Crippen LogP) is 3.91. The molecule has 0 saturated carbocycles. The Morgan fingerprint density at radius 2 is 1.76 bits per heavy atom. The third-order valence-corrected chi connectivity index (χ3v) is 9.54. The molecule has 9 nitrogen and oxygen atoms in total. The average molecular weight is 546 g/mol. The van der Waals surface area contributed by atoms with Gasteiger partial charge in [0, 0.05) is 39.6 Å². The topological polar surface area (TPSA) is 95.1 Å². The molecule has 0 bridgehead atoms. The summed E-state index contributed by atoms with van der Waals surface area (Å²) in [4.78, 5) is 22.2. The van der Waals surface area contributed by atoms with Gasteiger partial charge in [0.15, 0.2) is 0 Å². The Morgan fingerprint density at radius 3 is 2.29 bits per heavy atom. The van der Waals surface area contributed by atoms with Crippen LogP contribution in [0.3, 0.4) is 0 Å². The molecule has 2 aromatic rings. The van der Waals surface area contributed by atoms with Crippen LogP contribution in [0.5, 0.6) is 5.75 Å². The quantitative estimate of drug-likeness (QED) is 0.432. The highest BCUT2D eigenvalue weighted by Gasteiger charge is 2.26. The fourth-order valence-corrected chi connectivity index (χ4v) is 6.61. The maximum absolute atomic E-state index is 13.2. The number of anilines is 2. The van der Waals surface area contributed by atoms with Crippen molar-refractivity contribution in [3.8, 4) is 5.75 Å². The van der Waals surface area contributed by atoms with Crippen LogP contribution >= 0.6 is 0 Å². The number of pyridine rings is 1. The van der Waals surface area contributed by atoms with Gasteiger partial charge in [0.2, 0.25) is 15.9 Å². The SMILES string of the molecule is CCN(CC)CC1CCN(c2ccc(NC(=O)CCN(C)S(=O)(=O)c3c(C)cc(OC)cc3C)cn2)CC1. The van der Waals surface area contributed by atoms with Crippen molar-refractivity contribution < 1.29 is 17.9 Å². The van der Waals surface area contributed by atoms with Crippen molar-refractivity contribution in [3.05, 3.63) is 41.6 Å². The van der Waals surface area contributed by atoms with E-state index in [1.165, 1.54) is 11.4 Å². The molecule has 1 aromatic heterocycles. The van der Waals surface area contributed by atoms with E-state index >= 15 is 0 Å². The molecular weight excluding hydrogens is 502 g/mol. The number of aryl methyl sites for hydroxylation is 2. The second kappa shape index (κ2) is 13.4. The second-order valence-electron chi connectivity index (χ2n) is 10.0. The lowest BCUT2D eigenvalue weighted by Crippen LogP contribution is -2.39. The number of carbonyl (C=O) groups excluding carboxylic acids is 1. The highest BCUT2D eigenvalue weighted by Crippen LogP contribution is 2.28. The molecule has 10 heteroatoms. The Hall–Kier alpha value is -2.69. The Bertz CT molecular complexity index is 1150. The summed E-state index contributed by atoms with van der Waals surface area (Å²) < 4.78 is 32.8. The smallest absolute Gasteiger partial charge is 0.243 e. The monoisotopic (exact) mass is 545 g/mol. The number of amides is 1. The number of methoxy groups -OCH3 is 1. The zero-order valence-corrected chi connectivity index (χ0v) is 24.5. The molecule has 1 N–H and O–H groups in total. The number of piperidine rings is 1. The fraction of sp³-hybridized carbons (Fsp3) is 0.571. The van der Waals surface area contributed by atoms with Gasteiger partial charge in [-0.1, -0.05) is 13.8 Å². The molecule has 210 valence electrons. The Kier molecular flexibility index (Phi) is 10.5. The van der Waals surface area contributed by atoms with Crippen LogP contribution in [0.1, 0.15) is 44.2 Å². The van der Waals surface area contributed by atoms with Crippen LogP contribution < -0.4 is 15.0 Å². The van der Waals surface area contributed by atoms with Crippen LogP contribution in [0.15, 0.2) is 35.4 Å². The minimum atomic E-state index is -3.75. The maximum atomic E-state index is 13.2. The van der Waals surface area contributed by atoms with Crippen LogP contribution in [0, 0.1) is 19.8 Å². The van der Waals surface area contributed by atoms with Gasteiger partial charge in [0.05, 0.1) is 23.9 Å². The van der Waals surface area contributed by atoms with Crippen LogP contribution in [-0.2, 0) is 14.8 Å². The summed E-state index contributed by atoms with van der Waals surface area (Å²) in [5.74, 6) is 1.99. The summed E-state index contributed by atoms with van der Waals surface area (Å²) in [6, 6.07) is 7.19. The van der Waals surface area contributed by atoms with Crippen LogP contribution in [0.4, 0.5) is 11.5 Å². The molecule has 1 amide bonds. The Labute approximate surface area is 228 Å². The predicted molar refractivity (Wildman–Crippen MR) is 152 cm³/mol. The summed E-state index contributed by atoms with van der Waals surface area (Å²) in [7, 11) is -0.706. The van der Waals surface area contributed by atoms with Gasteiger partial charge in [-0.05, 0) is 81.1 Å². The van der Waals surface area contributed by atoms with Gasteiger partial charge in [-0.2, -0.15) is 0 Å². The van der Waals surface area contributed by atoms with E-state index in [9.17, 15) is 13.2 Å². The number of hydrogen-bond donors (Lipinski definition) is 1. The molecule has 1 fully saturated rings. The number of ether oxygens (including phenoxy) is 1. The highest BCUT2D eigenvalue weighted by molar-refractivity contribution is 7.89. The van der Waals surface area contributed by atoms with Crippen molar-refractivity contribution in [1.29, 1.82) is 0 Å². The molecule has 0 radical (unpaired) electrons. The van der Waals surface area contributed by atoms with Gasteiger partial charge in [0.25, 0.3) is 0 Å². The molecule has 0 atom stereocenters. The van der Waals surface area contributed by atoms with Crippen LogP contribution in [-0.4, -0.2) is 81.9 Å². The lowest BCUT2D eigenvalue weighted by Gasteiger charge is -2.35. The van der Waals surface area contributed by atoms with Gasteiger partial charge in [-0.25, -0.2) is 17.7 Å². The molecule has 0 aliphatic carbocycles. The lowest BCUT2D eigenvalue weighted by molar-refractivity contribution is -0.116. The first-order chi connectivity index (χ1) is 18.1. The zero-order chi connectivity index (χ0) is 27.9. The largest absolute Gasteiger partial charge is 0.497 e. The van der Waals surface area contributed by atoms with Crippen molar-refractivity contribution in [2.24, 2.45) is 5.92 Å². The number of nitrogens with one attached hydrogen (secondary N) is 1. The van der Waals surface area contributed by atoms with E-state index in [0.717, 1.165) is 57.3 Å². The van der Waals surface area contributed by atoms with E-state index in [4.69, 9.17) is 4.74 Å². The first-order valence-electron chi connectivity index (χ1n) is 13.4. The summed E-state index contributed by atoms with van der Waals surface area (Å²) in [5.41, 5.74) is 1.82. The average Bonchev–Trinajstić information content (AvgIpc) is 2.90. The van der Waals surface area contributed by atoms with E-state index in [1.807, 2.05) is 12.1 Å². The standard InChI is InChI=1S/C28H43N5O4S/c1-7-32(8-2)20-23-11-15-33(16-12-23)26-10-9-24(19-29-26)30-27(34)13-14-31(5)38(35,36)28-21(3)17-25(37-6)18-22(28)4/h9-10,17-19,23H,7-8,11-16,20H2,1-6H3,(H,30,34). The maximum Gasteiger partial charge on any atom is 0.243 e. The molecule has 38 heavy (non-hydrogen) atoms. The second-order valence-corrected chi connectivity index (χ2v) is 12.0. The van der Waals surface area contributed by atoms with Crippen molar-refractivity contribution >= 4 is 27.4 Å². The van der Waals surface area contributed by atoms with E-state index in [0.29, 0.717) is 22.6 Å². The molecule has 2 heterocycles. The van der Waals surface area contributed by atoms with Crippen molar-refractivity contribution in [1.82, 2.24) is 14.2 Å². The lowest BCUT2D eigenvalue weighted by atomic mass is 9.96. The van der Waals surface area contributed by atoms with Crippen LogP contribution in [0.2, 0.25) is 0 Å². The normalized spacial score (nSPS) is 14.8. The molecule has 0 unspecified atom stereocenters. The minimum absolute atomic E-state index is 0.0335. The molecule has 1 saturated heterocycles. The molecule has 0 spiro atoms. The number of rotatable bonds is 12. The summed E-state index contributed by atoms with van der Waals surface area (Å²) >= 11 is 0. The van der Waals surface area contributed by atoms with Gasteiger partial charge in [0.1, 0.15) is 11.6 Å². The molecule has 1 aliphatic rings. The molecule has 1 aromatic carbocycles. The Morgan fingerprint density at radius 1 is 1.13 bits per heavy atom. The van der Waals surface area contributed by atoms with Gasteiger partial charge in [-0.3, -0.25) is 4.79 Å². The van der Waals surface area contributed by atoms with Crippen molar-refractivity contribution in [2.75, 3.05) is 63.6 Å².